The van der Waals surface area contributed by atoms with Gasteiger partial charge < -0.3 is 29.7 Å². The SMILES string of the molecule is C=C(C)Cn1cc(-c2cnc(C(=O)Nc3ccc(C(=O)N4CCN(C(=O)C5[C@H]6CN(C(=O)O)C[C@@H]56)CC4)c(Cl)c3)n2C)c(C(F)(F)F)n1. The number of imidazole rings is 1. The molecular weight excluding hydrogens is 657 g/mol. The Morgan fingerprint density at radius 3 is 2.29 bits per heavy atom. The van der Waals surface area contributed by atoms with Crippen LogP contribution in [0, 0.1) is 17.8 Å². The van der Waals surface area contributed by atoms with Gasteiger partial charge in [0.25, 0.3) is 11.8 Å². The summed E-state index contributed by atoms with van der Waals surface area (Å²) in [6, 6.07) is 4.34. The second-order valence-electron chi connectivity index (χ2n) is 12.4. The van der Waals surface area contributed by atoms with E-state index >= 15 is 0 Å². The van der Waals surface area contributed by atoms with Crippen LogP contribution in [0.4, 0.5) is 23.7 Å². The molecule has 1 aromatic carbocycles. The molecule has 4 heterocycles. The predicted molar refractivity (Wildman–Crippen MR) is 166 cm³/mol. The van der Waals surface area contributed by atoms with Crippen molar-refractivity contribution in [1.82, 2.24) is 34.0 Å². The van der Waals surface area contributed by atoms with E-state index in [2.05, 4.69) is 22.0 Å². The number of nitrogens with one attached hydrogen (secondary N) is 1. The minimum absolute atomic E-state index is 0.00117. The lowest BCUT2D eigenvalue weighted by atomic mass is 10.1. The van der Waals surface area contributed by atoms with E-state index < -0.39 is 23.9 Å². The zero-order valence-corrected chi connectivity index (χ0v) is 26.8. The van der Waals surface area contributed by atoms with Gasteiger partial charge in [0.05, 0.1) is 34.6 Å². The van der Waals surface area contributed by atoms with E-state index in [1.165, 1.54) is 40.9 Å². The van der Waals surface area contributed by atoms with Crippen LogP contribution in [-0.4, -0.2) is 102 Å². The van der Waals surface area contributed by atoms with Crippen LogP contribution < -0.4 is 5.32 Å². The topological polar surface area (TPSA) is 146 Å². The largest absolute Gasteiger partial charge is 0.465 e. The van der Waals surface area contributed by atoms with Crippen molar-refractivity contribution in [3.63, 3.8) is 0 Å². The minimum Gasteiger partial charge on any atom is -0.465 e. The highest BCUT2D eigenvalue weighted by molar-refractivity contribution is 6.34. The predicted octanol–water partition coefficient (Wildman–Crippen LogP) is 3.92. The number of benzene rings is 1. The van der Waals surface area contributed by atoms with Gasteiger partial charge in [-0.2, -0.15) is 18.3 Å². The Morgan fingerprint density at radius 2 is 1.71 bits per heavy atom. The highest BCUT2D eigenvalue weighted by Gasteiger charge is 2.61. The first-order valence-corrected chi connectivity index (χ1v) is 15.5. The van der Waals surface area contributed by atoms with E-state index in [1.54, 1.807) is 16.7 Å². The lowest BCUT2D eigenvalue weighted by Gasteiger charge is -2.35. The molecule has 2 aliphatic heterocycles. The molecule has 254 valence electrons. The number of likely N-dealkylation sites (tertiary alicyclic amines) is 1. The maximum absolute atomic E-state index is 13.8. The number of piperidine rings is 1. The van der Waals surface area contributed by atoms with Crippen LogP contribution in [0.5, 0.6) is 0 Å². The van der Waals surface area contributed by atoms with E-state index in [0.717, 1.165) is 10.9 Å². The van der Waals surface area contributed by atoms with Crippen molar-refractivity contribution >= 4 is 41.1 Å². The van der Waals surface area contributed by atoms with Gasteiger partial charge >= 0.3 is 12.3 Å². The van der Waals surface area contributed by atoms with Gasteiger partial charge in [0.2, 0.25) is 5.91 Å². The fraction of sp³-hybridized carbons (Fsp3) is 0.419. The molecule has 48 heavy (non-hydrogen) atoms. The van der Waals surface area contributed by atoms with Crippen LogP contribution in [0.2, 0.25) is 5.02 Å². The number of alkyl halides is 3. The average molecular weight is 689 g/mol. The van der Waals surface area contributed by atoms with Gasteiger partial charge in [-0.25, -0.2) is 9.78 Å². The van der Waals surface area contributed by atoms with E-state index in [4.69, 9.17) is 16.7 Å². The number of carboxylic acid groups (broad SMARTS) is 1. The third-order valence-electron chi connectivity index (χ3n) is 9.01. The van der Waals surface area contributed by atoms with Gasteiger partial charge in [0.1, 0.15) is 0 Å². The molecule has 3 aliphatic rings. The van der Waals surface area contributed by atoms with Crippen molar-refractivity contribution in [2.45, 2.75) is 19.6 Å². The highest BCUT2D eigenvalue weighted by Crippen LogP contribution is 2.52. The van der Waals surface area contributed by atoms with E-state index in [1.807, 2.05) is 0 Å². The summed E-state index contributed by atoms with van der Waals surface area (Å²) in [5, 5.41) is 15.5. The van der Waals surface area contributed by atoms with Crippen molar-refractivity contribution in [2.24, 2.45) is 24.8 Å². The molecule has 3 fully saturated rings. The molecule has 13 nitrogen and oxygen atoms in total. The van der Waals surface area contributed by atoms with Gasteiger partial charge in [-0.15, -0.1) is 0 Å². The van der Waals surface area contributed by atoms with E-state index in [0.29, 0.717) is 44.8 Å². The Morgan fingerprint density at radius 1 is 1.06 bits per heavy atom. The summed E-state index contributed by atoms with van der Waals surface area (Å²) in [5.41, 5.74) is -0.272. The normalized spacial score (nSPS) is 20.5. The third kappa shape index (κ3) is 6.23. The molecular formula is C31H32ClF3N8O5. The molecule has 2 N–H and O–H groups in total. The Bertz CT molecular complexity index is 1820. The second kappa shape index (κ2) is 12.3. The summed E-state index contributed by atoms with van der Waals surface area (Å²) in [6.07, 6.45) is -3.32. The molecule has 0 radical (unpaired) electrons. The van der Waals surface area contributed by atoms with Crippen LogP contribution in [0.3, 0.4) is 0 Å². The summed E-state index contributed by atoms with van der Waals surface area (Å²) < 4.78 is 43.7. The maximum Gasteiger partial charge on any atom is 0.435 e. The molecule has 2 saturated heterocycles. The molecule has 0 bridgehead atoms. The van der Waals surface area contributed by atoms with E-state index in [9.17, 15) is 32.3 Å². The monoisotopic (exact) mass is 688 g/mol. The first-order valence-electron chi connectivity index (χ1n) is 15.1. The van der Waals surface area contributed by atoms with Crippen molar-refractivity contribution in [1.29, 1.82) is 0 Å². The Hall–Kier alpha value is -4.86. The molecule has 0 spiro atoms. The summed E-state index contributed by atoms with van der Waals surface area (Å²) in [7, 11) is 1.42. The number of carbonyl (C=O) groups excluding carboxylic acids is 3. The first kappa shape index (κ1) is 33.1. The number of piperazine rings is 1. The van der Waals surface area contributed by atoms with Gasteiger partial charge in [-0.3, -0.25) is 19.1 Å². The zero-order valence-electron chi connectivity index (χ0n) is 26.0. The number of allylic oxidation sites excluding steroid dienone is 1. The molecule has 17 heteroatoms. The van der Waals surface area contributed by atoms with Crippen LogP contribution in [0.1, 0.15) is 33.6 Å². The van der Waals surface area contributed by atoms with Crippen LogP contribution in [0.15, 0.2) is 42.7 Å². The smallest absolute Gasteiger partial charge is 0.435 e. The Balaban J connectivity index is 1.07. The van der Waals surface area contributed by atoms with Crippen molar-refractivity contribution < 1.29 is 37.5 Å². The van der Waals surface area contributed by atoms with Crippen LogP contribution in [-0.2, 0) is 24.6 Å². The van der Waals surface area contributed by atoms with Gasteiger partial charge in [0.15, 0.2) is 11.5 Å². The van der Waals surface area contributed by atoms with Crippen LogP contribution >= 0.6 is 11.6 Å². The fourth-order valence-electron chi connectivity index (χ4n) is 6.56. The molecule has 3 atom stereocenters. The first-order chi connectivity index (χ1) is 22.6. The number of hydrogen-bond donors (Lipinski definition) is 2. The van der Waals surface area contributed by atoms with Crippen molar-refractivity contribution in [3.05, 3.63) is 64.8 Å². The van der Waals surface area contributed by atoms with Crippen molar-refractivity contribution in [3.8, 4) is 11.3 Å². The van der Waals surface area contributed by atoms with Crippen LogP contribution in [0.25, 0.3) is 11.3 Å². The standard InChI is InChI=1S/C31H32ClF3N8O5/c1-16(2)12-43-15-21(25(38-43)31(33,34)35)23-11-36-26(39(23)3)27(44)37-17-4-5-18(22(32)10-17)28(45)40-6-8-41(9-7-40)29(46)24-19-13-42(30(47)48)14-20(19)24/h4-5,10-11,15,19-20,24H,1,6-9,12-14H2,2-3H3,(H,37,44)(H,47,48)/t19-,20+,24?. The number of anilines is 1. The number of carbonyl (C=O) groups is 4. The minimum atomic E-state index is -4.74. The quantitative estimate of drug-likeness (QED) is 0.358. The molecule has 2 aromatic heterocycles. The second-order valence-corrected chi connectivity index (χ2v) is 12.8. The van der Waals surface area contributed by atoms with Gasteiger partial charge in [0, 0.05) is 64.1 Å². The molecule has 1 unspecified atom stereocenters. The number of nitrogens with zero attached hydrogens (tertiary/aromatic N) is 7. The number of aromatic nitrogens is 4. The number of fused-ring (bicyclic) bond motifs is 1. The Labute approximate surface area is 277 Å². The lowest BCUT2D eigenvalue weighted by molar-refractivity contribution is -0.141. The summed E-state index contributed by atoms with van der Waals surface area (Å²) in [4.78, 5) is 59.3. The van der Waals surface area contributed by atoms with Crippen molar-refractivity contribution in [2.75, 3.05) is 44.6 Å². The van der Waals surface area contributed by atoms with Gasteiger partial charge in [-0.1, -0.05) is 23.8 Å². The fourth-order valence-corrected chi connectivity index (χ4v) is 6.82. The molecule has 1 aliphatic carbocycles. The molecule has 6 rings (SSSR count). The molecule has 1 saturated carbocycles. The number of amides is 4. The number of halogens is 4. The highest BCUT2D eigenvalue weighted by atomic mass is 35.5. The number of rotatable bonds is 7. The molecule has 4 amide bonds. The summed E-state index contributed by atoms with van der Waals surface area (Å²) in [6.45, 7) is 7.50. The maximum atomic E-state index is 13.8. The summed E-state index contributed by atoms with van der Waals surface area (Å²) >= 11 is 6.45. The average Bonchev–Trinajstić information content (AvgIpc) is 3.37. The van der Waals surface area contributed by atoms with Gasteiger partial charge in [-0.05, 0) is 37.0 Å². The molecule has 3 aromatic rings. The summed E-state index contributed by atoms with van der Waals surface area (Å²) in [5.74, 6) is -1.26. The zero-order chi connectivity index (χ0) is 34.7. The van der Waals surface area contributed by atoms with E-state index in [-0.39, 0.29) is 69.5 Å². The third-order valence-corrected chi connectivity index (χ3v) is 9.33. The number of hydrogen-bond acceptors (Lipinski definition) is 6. The lowest BCUT2D eigenvalue weighted by Crippen LogP contribution is -2.51. The Kier molecular flexibility index (Phi) is 8.47.